The zero-order valence-corrected chi connectivity index (χ0v) is 19.0. The van der Waals surface area contributed by atoms with Gasteiger partial charge in [0, 0.05) is 19.0 Å². The van der Waals surface area contributed by atoms with E-state index >= 15 is 0 Å². The monoisotopic (exact) mass is 465 g/mol. The zero-order chi connectivity index (χ0) is 23.5. The Labute approximate surface area is 187 Å². The highest BCUT2D eigenvalue weighted by Gasteiger charge is 2.34. The minimum Gasteiger partial charge on any atom is -0.486 e. The van der Waals surface area contributed by atoms with Gasteiger partial charge < -0.3 is 20.1 Å². The van der Waals surface area contributed by atoms with Crippen LogP contribution in [0.25, 0.3) is 0 Å². The number of likely N-dealkylation sites (N-methyl/N-ethyl adjacent to an activating group) is 1. The van der Waals surface area contributed by atoms with Crippen molar-refractivity contribution in [2.75, 3.05) is 31.5 Å². The van der Waals surface area contributed by atoms with Gasteiger partial charge in [0.05, 0.1) is 28.8 Å². The molecule has 0 spiro atoms. The van der Waals surface area contributed by atoms with Crippen LogP contribution < -0.4 is 14.8 Å². The maximum absolute atomic E-state index is 13.3. The lowest BCUT2D eigenvalue weighted by Gasteiger charge is -2.37. The van der Waals surface area contributed by atoms with E-state index in [1.54, 1.807) is 31.0 Å². The topological polar surface area (TPSA) is 108 Å². The molecule has 0 fully saturated rings. The lowest BCUT2D eigenvalue weighted by Crippen LogP contribution is -2.49. The molecule has 0 aromatic heterocycles. The molecule has 1 heterocycles. The molecule has 2 aromatic carbocycles. The molecule has 0 aliphatic carbocycles. The fourth-order valence-corrected chi connectivity index (χ4v) is 4.65. The van der Waals surface area contributed by atoms with E-state index in [0.717, 1.165) is 24.3 Å². The van der Waals surface area contributed by atoms with Crippen molar-refractivity contribution in [1.29, 1.82) is 0 Å². The van der Waals surface area contributed by atoms with Gasteiger partial charge >= 0.3 is 0 Å². The van der Waals surface area contributed by atoms with E-state index in [2.05, 4.69) is 10.0 Å². The molecule has 0 radical (unpaired) electrons. The summed E-state index contributed by atoms with van der Waals surface area (Å²) in [5, 5.41) is 12.7. The van der Waals surface area contributed by atoms with E-state index in [1.807, 2.05) is 6.92 Å². The number of halogens is 1. The summed E-state index contributed by atoms with van der Waals surface area (Å²) in [6.07, 6.45) is -0.364. The second-order valence-corrected chi connectivity index (χ2v) is 9.60. The third kappa shape index (κ3) is 5.03. The van der Waals surface area contributed by atoms with Crippen LogP contribution in [0.2, 0.25) is 0 Å². The van der Waals surface area contributed by atoms with Crippen molar-refractivity contribution in [3.05, 3.63) is 53.8 Å². The van der Waals surface area contributed by atoms with Gasteiger partial charge in [-0.2, -0.15) is 0 Å². The highest BCUT2D eigenvalue weighted by atomic mass is 32.2. The van der Waals surface area contributed by atoms with E-state index in [-0.39, 0.29) is 46.4 Å². The number of carbonyl (C=O) groups is 1. The molecule has 174 valence electrons. The number of aliphatic hydroxyl groups is 1. The minimum absolute atomic E-state index is 0.102. The molecule has 3 N–H and O–H groups in total. The first-order chi connectivity index (χ1) is 15.2. The molecule has 10 heteroatoms. The van der Waals surface area contributed by atoms with Crippen molar-refractivity contribution in [3.8, 4) is 5.75 Å². The van der Waals surface area contributed by atoms with Crippen LogP contribution in [0.15, 0.2) is 47.4 Å². The van der Waals surface area contributed by atoms with Crippen LogP contribution in [0.4, 0.5) is 10.1 Å². The van der Waals surface area contributed by atoms with Crippen molar-refractivity contribution in [2.24, 2.45) is 5.92 Å². The second kappa shape index (κ2) is 9.85. The number of nitrogens with zero attached hydrogens (tertiary/aromatic N) is 1. The van der Waals surface area contributed by atoms with Gasteiger partial charge in [-0.1, -0.05) is 13.0 Å². The number of anilines is 1. The smallest absolute Gasteiger partial charge is 0.262 e. The normalized spacial score (nSPS) is 20.0. The summed E-state index contributed by atoms with van der Waals surface area (Å²) >= 11 is 0. The van der Waals surface area contributed by atoms with Crippen molar-refractivity contribution >= 4 is 21.6 Å². The minimum atomic E-state index is -4.06. The number of sulfonamides is 1. The van der Waals surface area contributed by atoms with Gasteiger partial charge in [0.15, 0.2) is 5.75 Å². The Kier molecular flexibility index (Phi) is 7.37. The summed E-state index contributed by atoms with van der Waals surface area (Å²) in [5.41, 5.74) is 0.296. The van der Waals surface area contributed by atoms with Crippen molar-refractivity contribution in [2.45, 2.75) is 30.9 Å². The van der Waals surface area contributed by atoms with Gasteiger partial charge in [0.2, 0.25) is 0 Å². The predicted octanol–water partition coefficient (Wildman–Crippen LogP) is 2.07. The molecule has 32 heavy (non-hydrogen) atoms. The van der Waals surface area contributed by atoms with Crippen LogP contribution in [0.5, 0.6) is 5.75 Å². The fraction of sp³-hybridized carbons (Fsp3) is 0.409. The van der Waals surface area contributed by atoms with E-state index in [1.165, 1.54) is 6.07 Å². The molecule has 1 amide bonds. The first kappa shape index (κ1) is 24.0. The highest BCUT2D eigenvalue weighted by molar-refractivity contribution is 7.92. The summed E-state index contributed by atoms with van der Waals surface area (Å²) in [6.45, 7) is 4.32. The number of amides is 1. The van der Waals surface area contributed by atoms with Crippen LogP contribution in [0, 0.1) is 11.7 Å². The molecule has 0 bridgehead atoms. The van der Waals surface area contributed by atoms with Crippen LogP contribution in [-0.2, 0) is 10.0 Å². The first-order valence-electron chi connectivity index (χ1n) is 10.3. The van der Waals surface area contributed by atoms with Gasteiger partial charge in [0.25, 0.3) is 15.9 Å². The zero-order valence-electron chi connectivity index (χ0n) is 18.2. The number of hydrogen-bond acceptors (Lipinski definition) is 6. The number of hydrogen-bond donors (Lipinski definition) is 3. The van der Waals surface area contributed by atoms with Crippen molar-refractivity contribution in [1.82, 2.24) is 10.2 Å². The highest BCUT2D eigenvalue weighted by Crippen LogP contribution is 2.35. The fourth-order valence-electron chi connectivity index (χ4n) is 3.59. The van der Waals surface area contributed by atoms with Crippen molar-refractivity contribution < 1.29 is 27.4 Å². The third-order valence-corrected chi connectivity index (χ3v) is 6.85. The van der Waals surface area contributed by atoms with Gasteiger partial charge in [-0.3, -0.25) is 9.52 Å². The number of rotatable bonds is 7. The lowest BCUT2D eigenvalue weighted by atomic mass is 9.99. The summed E-state index contributed by atoms with van der Waals surface area (Å²) in [7, 11) is -2.28. The molecule has 1 aliphatic heterocycles. The molecule has 3 rings (SSSR count). The molecule has 0 saturated heterocycles. The van der Waals surface area contributed by atoms with Gasteiger partial charge in [-0.15, -0.1) is 0 Å². The predicted molar refractivity (Wildman–Crippen MR) is 119 cm³/mol. The molecule has 3 atom stereocenters. The molecule has 0 saturated carbocycles. The average molecular weight is 466 g/mol. The molecule has 1 aliphatic rings. The summed E-state index contributed by atoms with van der Waals surface area (Å²) in [4.78, 5) is 14.8. The molecule has 0 unspecified atom stereocenters. The summed E-state index contributed by atoms with van der Waals surface area (Å²) in [5.74, 6) is -0.899. The Bertz CT molecular complexity index is 1060. The molecular formula is C22H28FN3O5S. The number of aliphatic hydroxyl groups excluding tert-OH is 1. The largest absolute Gasteiger partial charge is 0.486 e. The molecule has 2 aromatic rings. The van der Waals surface area contributed by atoms with Gasteiger partial charge in [-0.25, -0.2) is 12.8 Å². The SMILES string of the molecule is CNC[C@@H]1Oc2c(NS(=O)(=O)c3ccc(F)cc3)cccc2C(=O)N([C@@H](C)CO)C[C@H]1C. The quantitative estimate of drug-likeness (QED) is 0.578. The van der Waals surface area contributed by atoms with Crippen LogP contribution >= 0.6 is 0 Å². The van der Waals surface area contributed by atoms with Gasteiger partial charge in [-0.05, 0) is 50.4 Å². The first-order valence-corrected chi connectivity index (χ1v) is 11.8. The number of carbonyl (C=O) groups excluding carboxylic acids is 1. The second-order valence-electron chi connectivity index (χ2n) is 7.92. The van der Waals surface area contributed by atoms with E-state index in [0.29, 0.717) is 13.1 Å². The van der Waals surface area contributed by atoms with Crippen molar-refractivity contribution in [3.63, 3.8) is 0 Å². The number of fused-ring (bicyclic) bond motifs is 1. The van der Waals surface area contributed by atoms with E-state index < -0.39 is 21.9 Å². The van der Waals surface area contributed by atoms with Crippen LogP contribution in [0.1, 0.15) is 24.2 Å². The summed E-state index contributed by atoms with van der Waals surface area (Å²) in [6, 6.07) is 8.65. The number of nitrogens with one attached hydrogen (secondary N) is 2. The number of benzene rings is 2. The third-order valence-electron chi connectivity index (χ3n) is 5.46. The summed E-state index contributed by atoms with van der Waals surface area (Å²) < 4.78 is 47.7. The number of para-hydroxylation sites is 1. The Balaban J connectivity index is 2.08. The Hall–Kier alpha value is -2.69. The maximum atomic E-state index is 13.3. The van der Waals surface area contributed by atoms with Crippen LogP contribution in [-0.4, -0.2) is 63.2 Å². The number of ether oxygens (including phenoxy) is 1. The average Bonchev–Trinajstić information content (AvgIpc) is 2.76. The molecule has 8 nitrogen and oxygen atoms in total. The van der Waals surface area contributed by atoms with E-state index in [4.69, 9.17) is 4.74 Å². The maximum Gasteiger partial charge on any atom is 0.262 e. The lowest BCUT2D eigenvalue weighted by molar-refractivity contribution is 0.0417. The van der Waals surface area contributed by atoms with Crippen LogP contribution in [0.3, 0.4) is 0 Å². The Morgan fingerprint density at radius 3 is 2.56 bits per heavy atom. The standard InChI is InChI=1S/C22H28FN3O5S/c1-14-12-26(15(2)13-27)22(28)18-5-4-6-19(21(18)31-20(14)11-24-3)25-32(29,30)17-9-7-16(23)8-10-17/h4-10,14-15,20,24-25,27H,11-13H2,1-3H3/t14-,15+,20+/m1/s1. The Morgan fingerprint density at radius 1 is 1.25 bits per heavy atom. The van der Waals surface area contributed by atoms with Gasteiger partial charge in [0.1, 0.15) is 11.9 Å². The Morgan fingerprint density at radius 2 is 1.94 bits per heavy atom. The van der Waals surface area contributed by atoms with E-state index in [9.17, 15) is 22.7 Å². The molecular weight excluding hydrogens is 437 g/mol.